The van der Waals surface area contributed by atoms with E-state index in [4.69, 9.17) is 9.47 Å². The summed E-state index contributed by atoms with van der Waals surface area (Å²) in [6, 6.07) is 11.8. The topological polar surface area (TPSA) is 71.1 Å². The molecular formula is C26H35N3O4S. The van der Waals surface area contributed by atoms with Crippen molar-refractivity contribution < 1.29 is 19.1 Å². The van der Waals surface area contributed by atoms with E-state index in [0.29, 0.717) is 17.9 Å². The number of nitrogens with zero attached hydrogens (tertiary/aromatic N) is 2. The van der Waals surface area contributed by atoms with E-state index in [1.165, 1.54) is 4.88 Å². The summed E-state index contributed by atoms with van der Waals surface area (Å²) in [6.45, 7) is 7.91. The van der Waals surface area contributed by atoms with Gasteiger partial charge in [0, 0.05) is 42.2 Å². The molecule has 1 aromatic carbocycles. The van der Waals surface area contributed by atoms with Crippen LogP contribution < -0.4 is 10.1 Å². The molecular weight excluding hydrogens is 450 g/mol. The van der Waals surface area contributed by atoms with Crippen LogP contribution in [0.4, 0.5) is 0 Å². The lowest BCUT2D eigenvalue weighted by atomic mass is 9.97. The Morgan fingerprint density at radius 3 is 2.47 bits per heavy atom. The monoisotopic (exact) mass is 485 g/mol. The van der Waals surface area contributed by atoms with Crippen LogP contribution >= 0.6 is 11.3 Å². The van der Waals surface area contributed by atoms with Crippen LogP contribution in [0.15, 0.2) is 41.8 Å². The second-order valence-electron chi connectivity index (χ2n) is 9.13. The lowest BCUT2D eigenvalue weighted by molar-refractivity contribution is -0.139. The van der Waals surface area contributed by atoms with Gasteiger partial charge >= 0.3 is 0 Å². The molecule has 4 rings (SSSR count). The molecule has 0 aliphatic carbocycles. The van der Waals surface area contributed by atoms with E-state index in [-0.39, 0.29) is 36.5 Å². The lowest BCUT2D eigenvalue weighted by Crippen LogP contribution is -2.49. The Bertz CT molecular complexity index is 918. The van der Waals surface area contributed by atoms with Gasteiger partial charge in [-0.15, -0.1) is 11.3 Å². The molecule has 2 aliphatic heterocycles. The van der Waals surface area contributed by atoms with Crippen LogP contribution in [0.3, 0.4) is 0 Å². The van der Waals surface area contributed by atoms with Gasteiger partial charge in [-0.25, -0.2) is 0 Å². The van der Waals surface area contributed by atoms with Gasteiger partial charge in [-0.3, -0.25) is 14.5 Å². The molecule has 184 valence electrons. The van der Waals surface area contributed by atoms with E-state index in [1.807, 2.05) is 11.0 Å². The number of carbonyl (C=O) groups is 2. The zero-order chi connectivity index (χ0) is 23.9. The zero-order valence-electron chi connectivity index (χ0n) is 20.1. The molecule has 2 aromatic rings. The van der Waals surface area contributed by atoms with E-state index >= 15 is 0 Å². The summed E-state index contributed by atoms with van der Waals surface area (Å²) >= 11 is 1.71. The molecule has 0 saturated carbocycles. The second-order valence-corrected chi connectivity index (χ2v) is 10.1. The second kappa shape index (κ2) is 11.8. The average molecular weight is 486 g/mol. The van der Waals surface area contributed by atoms with Gasteiger partial charge in [0.15, 0.2) is 6.61 Å². The maximum atomic E-state index is 12.8. The zero-order valence-corrected chi connectivity index (χ0v) is 20.9. The van der Waals surface area contributed by atoms with Gasteiger partial charge in [-0.1, -0.05) is 6.07 Å². The fourth-order valence-electron chi connectivity index (χ4n) is 4.91. The summed E-state index contributed by atoms with van der Waals surface area (Å²) in [5.74, 6) is 0.490. The fraction of sp³-hybridized carbons (Fsp3) is 0.538. The number of amides is 2. The van der Waals surface area contributed by atoms with Crippen molar-refractivity contribution in [2.24, 2.45) is 0 Å². The smallest absolute Gasteiger partial charge is 0.260 e. The Morgan fingerprint density at radius 2 is 1.82 bits per heavy atom. The number of piperidine rings is 1. The number of nitrogens with one attached hydrogen (secondary N) is 1. The maximum absolute atomic E-state index is 12.8. The molecule has 2 fully saturated rings. The van der Waals surface area contributed by atoms with E-state index in [9.17, 15) is 9.59 Å². The lowest BCUT2D eigenvalue weighted by Gasteiger charge is -2.38. The van der Waals surface area contributed by atoms with Crippen molar-refractivity contribution in [2.75, 3.05) is 39.5 Å². The van der Waals surface area contributed by atoms with Gasteiger partial charge in [-0.05, 0) is 68.8 Å². The molecule has 8 heteroatoms. The number of likely N-dealkylation sites (tertiary alicyclic amines) is 1. The molecule has 2 saturated heterocycles. The molecule has 0 spiro atoms. The van der Waals surface area contributed by atoms with Crippen molar-refractivity contribution in [1.82, 2.24) is 15.1 Å². The summed E-state index contributed by atoms with van der Waals surface area (Å²) in [5.41, 5.74) is 0.573. The number of morpholine rings is 1. The van der Waals surface area contributed by atoms with E-state index < -0.39 is 0 Å². The van der Waals surface area contributed by atoms with Crippen molar-refractivity contribution in [2.45, 2.75) is 51.2 Å². The van der Waals surface area contributed by atoms with Crippen LogP contribution in [0.2, 0.25) is 0 Å². The van der Waals surface area contributed by atoms with Crippen LogP contribution in [0.25, 0.3) is 0 Å². The molecule has 2 aliphatic rings. The number of benzene rings is 1. The number of hydrogen-bond donors (Lipinski definition) is 1. The minimum absolute atomic E-state index is 0.0161. The largest absolute Gasteiger partial charge is 0.484 e. The molecule has 34 heavy (non-hydrogen) atoms. The summed E-state index contributed by atoms with van der Waals surface area (Å²) in [5, 5.41) is 5.16. The summed E-state index contributed by atoms with van der Waals surface area (Å²) in [4.78, 5) is 31.0. The van der Waals surface area contributed by atoms with E-state index in [0.717, 1.165) is 45.6 Å². The van der Waals surface area contributed by atoms with Gasteiger partial charge in [0.2, 0.25) is 0 Å². The molecule has 1 aromatic heterocycles. The Kier molecular flexibility index (Phi) is 8.59. The highest BCUT2D eigenvalue weighted by Gasteiger charge is 2.29. The number of carbonyl (C=O) groups excluding carboxylic acids is 2. The number of hydrogen-bond acceptors (Lipinski definition) is 6. The van der Waals surface area contributed by atoms with Crippen molar-refractivity contribution in [3.63, 3.8) is 0 Å². The van der Waals surface area contributed by atoms with Crippen molar-refractivity contribution in [3.05, 3.63) is 52.2 Å². The number of ether oxygens (including phenoxy) is 2. The first-order valence-corrected chi connectivity index (χ1v) is 13.1. The highest BCUT2D eigenvalue weighted by molar-refractivity contribution is 7.10. The first kappa shape index (κ1) is 24.7. The molecule has 3 heterocycles. The summed E-state index contributed by atoms with van der Waals surface area (Å²) < 4.78 is 11.2. The minimum Gasteiger partial charge on any atom is -0.484 e. The third kappa shape index (κ3) is 6.17. The van der Waals surface area contributed by atoms with Gasteiger partial charge in [0.05, 0.1) is 19.3 Å². The van der Waals surface area contributed by atoms with Crippen LogP contribution in [-0.4, -0.2) is 73.2 Å². The van der Waals surface area contributed by atoms with Gasteiger partial charge in [-0.2, -0.15) is 0 Å². The predicted molar refractivity (Wildman–Crippen MR) is 133 cm³/mol. The SMILES string of the molecule is C[C@@H]1CCC[C@@H](C)N1C(=O)COc1ccc(C(=O)NC[C@@H](c2cccs2)N2CCOCC2)cc1. The molecule has 7 nitrogen and oxygen atoms in total. The van der Waals surface area contributed by atoms with Gasteiger partial charge in [0.25, 0.3) is 11.8 Å². The normalized spacial score (nSPS) is 22.2. The first-order valence-electron chi connectivity index (χ1n) is 12.2. The quantitative estimate of drug-likeness (QED) is 0.617. The van der Waals surface area contributed by atoms with Crippen molar-refractivity contribution >= 4 is 23.2 Å². The van der Waals surface area contributed by atoms with E-state index in [2.05, 4.69) is 35.5 Å². The molecule has 1 N–H and O–H groups in total. The van der Waals surface area contributed by atoms with Crippen LogP contribution in [0.5, 0.6) is 5.75 Å². The molecule has 0 bridgehead atoms. The van der Waals surface area contributed by atoms with Gasteiger partial charge < -0.3 is 19.7 Å². The Labute approximate surface area is 206 Å². The van der Waals surface area contributed by atoms with Crippen LogP contribution in [-0.2, 0) is 9.53 Å². The maximum Gasteiger partial charge on any atom is 0.260 e. The fourth-order valence-corrected chi connectivity index (χ4v) is 5.77. The number of thiophene rings is 1. The third-order valence-electron chi connectivity index (χ3n) is 6.77. The molecule has 3 atom stereocenters. The Morgan fingerprint density at radius 1 is 1.12 bits per heavy atom. The highest BCUT2D eigenvalue weighted by atomic mass is 32.1. The number of rotatable bonds is 8. The Hall–Kier alpha value is -2.42. The standard InChI is InChI=1S/C26H35N3O4S/c1-19-5-3-6-20(2)29(19)25(30)18-33-22-10-8-21(9-11-22)26(31)27-17-23(24-7-4-16-34-24)28-12-14-32-15-13-28/h4,7-11,16,19-20,23H,3,5-6,12-15,17-18H2,1-2H3,(H,27,31)/t19-,20-,23+/m1/s1. The molecule has 2 amide bonds. The average Bonchev–Trinajstić information content (AvgIpc) is 3.38. The van der Waals surface area contributed by atoms with Crippen molar-refractivity contribution in [3.8, 4) is 5.75 Å². The third-order valence-corrected chi connectivity index (χ3v) is 7.75. The van der Waals surface area contributed by atoms with Crippen molar-refractivity contribution in [1.29, 1.82) is 0 Å². The van der Waals surface area contributed by atoms with E-state index in [1.54, 1.807) is 35.6 Å². The summed E-state index contributed by atoms with van der Waals surface area (Å²) in [7, 11) is 0. The minimum atomic E-state index is -0.117. The summed E-state index contributed by atoms with van der Waals surface area (Å²) in [6.07, 6.45) is 3.24. The predicted octanol–water partition coefficient (Wildman–Crippen LogP) is 3.72. The van der Waals surface area contributed by atoms with Crippen LogP contribution in [0.1, 0.15) is 54.4 Å². The van der Waals surface area contributed by atoms with Crippen LogP contribution in [0, 0.1) is 0 Å². The molecule has 0 unspecified atom stereocenters. The Balaban J connectivity index is 1.29. The highest BCUT2D eigenvalue weighted by Crippen LogP contribution is 2.26. The first-order chi connectivity index (χ1) is 16.5. The molecule has 0 radical (unpaired) electrons. The van der Waals surface area contributed by atoms with Gasteiger partial charge in [0.1, 0.15) is 5.75 Å².